The molecule has 0 fully saturated rings. The molecule has 0 aliphatic rings. The fourth-order valence-corrected chi connectivity index (χ4v) is 3.27. The first kappa shape index (κ1) is 19.0. The number of ether oxygens (including phenoxy) is 2. The van der Waals surface area contributed by atoms with E-state index in [2.05, 4.69) is 10.3 Å². The Morgan fingerprint density at radius 3 is 2.59 bits per heavy atom. The van der Waals surface area contributed by atoms with E-state index in [0.29, 0.717) is 30.4 Å². The third-order valence-electron chi connectivity index (χ3n) is 3.75. The third-order valence-corrected chi connectivity index (χ3v) is 4.68. The van der Waals surface area contributed by atoms with Gasteiger partial charge in [-0.3, -0.25) is 4.79 Å². The van der Waals surface area contributed by atoms with E-state index in [9.17, 15) is 4.79 Å². The van der Waals surface area contributed by atoms with Crippen LogP contribution in [0.3, 0.4) is 0 Å². The van der Waals surface area contributed by atoms with Crippen molar-refractivity contribution in [3.63, 3.8) is 0 Å². The van der Waals surface area contributed by atoms with Crippen LogP contribution in [0.1, 0.15) is 13.8 Å². The summed E-state index contributed by atoms with van der Waals surface area (Å²) >= 11 is 1.41. The largest absolute Gasteiger partial charge is 0.490 e. The molecule has 0 saturated heterocycles. The number of aromatic nitrogens is 1. The lowest BCUT2D eigenvalue weighted by molar-refractivity contribution is -0.113. The number of thioether (sulfide) groups is 1. The minimum absolute atomic E-state index is 0.0958. The van der Waals surface area contributed by atoms with Crippen LogP contribution >= 0.6 is 11.8 Å². The van der Waals surface area contributed by atoms with E-state index in [1.54, 1.807) is 6.07 Å². The first-order valence-electron chi connectivity index (χ1n) is 8.87. The second kappa shape index (κ2) is 9.28. The normalized spacial score (nSPS) is 10.6. The number of carbonyl (C=O) groups is 1. The molecule has 3 aromatic rings. The van der Waals surface area contributed by atoms with Crippen molar-refractivity contribution in [1.29, 1.82) is 0 Å². The highest BCUT2D eigenvalue weighted by atomic mass is 32.2. The van der Waals surface area contributed by atoms with Crippen LogP contribution in [-0.4, -0.2) is 29.9 Å². The van der Waals surface area contributed by atoms with Gasteiger partial charge in [0.2, 0.25) is 5.91 Å². The van der Waals surface area contributed by atoms with Crippen LogP contribution in [0.25, 0.3) is 10.9 Å². The minimum Gasteiger partial charge on any atom is -0.490 e. The summed E-state index contributed by atoms with van der Waals surface area (Å²) in [6.45, 7) is 4.92. The number of pyridine rings is 1. The minimum atomic E-state index is -0.0958. The van der Waals surface area contributed by atoms with Crippen molar-refractivity contribution in [3.05, 3.63) is 54.6 Å². The number of fused-ring (bicyclic) bond motifs is 1. The fraction of sp³-hybridized carbons (Fsp3) is 0.238. The van der Waals surface area contributed by atoms with Gasteiger partial charge in [0.15, 0.2) is 11.5 Å². The highest BCUT2D eigenvalue weighted by Crippen LogP contribution is 2.30. The monoisotopic (exact) mass is 382 g/mol. The molecule has 2 aromatic carbocycles. The number of carbonyl (C=O) groups excluding carboxylic acids is 1. The molecule has 0 bridgehead atoms. The maximum atomic E-state index is 12.3. The predicted molar refractivity (Wildman–Crippen MR) is 110 cm³/mol. The van der Waals surface area contributed by atoms with Crippen LogP contribution in [0, 0.1) is 0 Å². The van der Waals surface area contributed by atoms with Crippen LogP contribution in [0.2, 0.25) is 0 Å². The number of amides is 1. The first-order chi connectivity index (χ1) is 13.2. The lowest BCUT2D eigenvalue weighted by Crippen LogP contribution is -2.14. The molecule has 1 amide bonds. The van der Waals surface area contributed by atoms with Crippen LogP contribution in [0.15, 0.2) is 59.6 Å². The van der Waals surface area contributed by atoms with Crippen molar-refractivity contribution in [2.45, 2.75) is 18.9 Å². The standard InChI is InChI=1S/C21H22N2O3S/c1-3-25-18-11-10-16(13-19(18)26-4-2)22-20(24)14-27-21-12-9-15-7-5-6-8-17(15)23-21/h5-13H,3-4,14H2,1-2H3,(H,22,24). The van der Waals surface area contributed by atoms with Crippen molar-refractivity contribution in [2.24, 2.45) is 0 Å². The van der Waals surface area contributed by atoms with Crippen molar-refractivity contribution in [3.8, 4) is 11.5 Å². The van der Waals surface area contributed by atoms with E-state index >= 15 is 0 Å². The van der Waals surface area contributed by atoms with Gasteiger partial charge >= 0.3 is 0 Å². The zero-order valence-electron chi connectivity index (χ0n) is 15.4. The molecule has 5 nitrogen and oxygen atoms in total. The molecule has 0 aliphatic heterocycles. The Labute approximate surface area is 163 Å². The molecule has 140 valence electrons. The van der Waals surface area contributed by atoms with Gasteiger partial charge in [0.05, 0.1) is 29.5 Å². The molecule has 0 aliphatic carbocycles. The summed E-state index contributed by atoms with van der Waals surface area (Å²) in [5.74, 6) is 1.48. The summed E-state index contributed by atoms with van der Waals surface area (Å²) in [7, 11) is 0. The van der Waals surface area contributed by atoms with Crippen molar-refractivity contribution < 1.29 is 14.3 Å². The van der Waals surface area contributed by atoms with Crippen LogP contribution in [0.4, 0.5) is 5.69 Å². The van der Waals surface area contributed by atoms with E-state index in [0.717, 1.165) is 15.9 Å². The number of nitrogens with one attached hydrogen (secondary N) is 1. The Bertz CT molecular complexity index is 930. The Hall–Kier alpha value is -2.73. The van der Waals surface area contributed by atoms with E-state index in [1.807, 2.05) is 62.4 Å². The van der Waals surface area contributed by atoms with Crippen molar-refractivity contribution >= 4 is 34.3 Å². The number of benzene rings is 2. The molecule has 3 rings (SSSR count). The molecule has 0 unspecified atom stereocenters. The average Bonchev–Trinajstić information content (AvgIpc) is 2.68. The van der Waals surface area contributed by atoms with Gasteiger partial charge < -0.3 is 14.8 Å². The topological polar surface area (TPSA) is 60.5 Å². The molecular weight excluding hydrogens is 360 g/mol. The number of nitrogens with zero attached hydrogens (tertiary/aromatic N) is 1. The molecule has 27 heavy (non-hydrogen) atoms. The van der Waals surface area contributed by atoms with Crippen LogP contribution < -0.4 is 14.8 Å². The Morgan fingerprint density at radius 1 is 1.00 bits per heavy atom. The quantitative estimate of drug-likeness (QED) is 0.569. The molecule has 1 heterocycles. The third kappa shape index (κ3) is 5.14. The average molecular weight is 382 g/mol. The first-order valence-corrected chi connectivity index (χ1v) is 9.86. The van der Waals surface area contributed by atoms with Crippen molar-refractivity contribution in [2.75, 3.05) is 24.3 Å². The summed E-state index contributed by atoms with van der Waals surface area (Å²) < 4.78 is 11.1. The molecular formula is C21H22N2O3S. The van der Waals surface area contributed by atoms with Gasteiger partial charge in [-0.05, 0) is 38.1 Å². The van der Waals surface area contributed by atoms with Gasteiger partial charge in [0, 0.05) is 17.1 Å². The number of hydrogen-bond acceptors (Lipinski definition) is 5. The molecule has 0 atom stereocenters. The lowest BCUT2D eigenvalue weighted by atomic mass is 10.2. The van der Waals surface area contributed by atoms with Gasteiger partial charge in [-0.15, -0.1) is 0 Å². The molecule has 1 N–H and O–H groups in total. The van der Waals surface area contributed by atoms with E-state index in [1.165, 1.54) is 11.8 Å². The van der Waals surface area contributed by atoms with Crippen molar-refractivity contribution in [1.82, 2.24) is 4.98 Å². The van der Waals surface area contributed by atoms with Gasteiger partial charge in [0.1, 0.15) is 0 Å². The highest BCUT2D eigenvalue weighted by molar-refractivity contribution is 7.99. The fourth-order valence-electron chi connectivity index (χ4n) is 2.59. The van der Waals surface area contributed by atoms with Gasteiger partial charge in [-0.25, -0.2) is 4.98 Å². The molecule has 0 radical (unpaired) electrons. The predicted octanol–water partition coefficient (Wildman–Crippen LogP) is 4.76. The number of rotatable bonds is 8. The number of hydrogen-bond donors (Lipinski definition) is 1. The number of anilines is 1. The van der Waals surface area contributed by atoms with E-state index in [-0.39, 0.29) is 11.7 Å². The maximum Gasteiger partial charge on any atom is 0.234 e. The molecule has 1 aromatic heterocycles. The Kier molecular flexibility index (Phi) is 6.54. The van der Waals surface area contributed by atoms with E-state index in [4.69, 9.17) is 9.47 Å². The van der Waals surface area contributed by atoms with E-state index < -0.39 is 0 Å². The van der Waals surface area contributed by atoms with Gasteiger partial charge in [0.25, 0.3) is 0 Å². The second-order valence-corrected chi connectivity index (χ2v) is 6.70. The highest BCUT2D eigenvalue weighted by Gasteiger charge is 2.09. The molecule has 0 saturated carbocycles. The number of para-hydroxylation sites is 1. The van der Waals surface area contributed by atoms with Crippen LogP contribution in [0.5, 0.6) is 11.5 Å². The summed E-state index contributed by atoms with van der Waals surface area (Å²) in [4.78, 5) is 16.9. The zero-order valence-corrected chi connectivity index (χ0v) is 16.2. The lowest BCUT2D eigenvalue weighted by Gasteiger charge is -2.13. The SMILES string of the molecule is CCOc1ccc(NC(=O)CSc2ccc3ccccc3n2)cc1OCC. The summed E-state index contributed by atoms with van der Waals surface area (Å²) in [5.41, 5.74) is 1.61. The zero-order chi connectivity index (χ0) is 19.1. The van der Waals surface area contributed by atoms with Gasteiger partial charge in [-0.1, -0.05) is 36.0 Å². The van der Waals surface area contributed by atoms with Gasteiger partial charge in [-0.2, -0.15) is 0 Å². The summed E-state index contributed by atoms with van der Waals surface area (Å²) in [6.07, 6.45) is 0. The summed E-state index contributed by atoms with van der Waals surface area (Å²) in [6, 6.07) is 17.3. The Balaban J connectivity index is 1.62. The van der Waals surface area contributed by atoms with Crippen LogP contribution in [-0.2, 0) is 4.79 Å². The molecule has 6 heteroatoms. The maximum absolute atomic E-state index is 12.3. The second-order valence-electron chi connectivity index (χ2n) is 5.71. The smallest absolute Gasteiger partial charge is 0.234 e. The Morgan fingerprint density at radius 2 is 1.78 bits per heavy atom. The summed E-state index contributed by atoms with van der Waals surface area (Å²) in [5, 5.41) is 4.81. The molecule has 0 spiro atoms.